The molecule has 0 saturated carbocycles. The Morgan fingerprint density at radius 2 is 0.714 bits per heavy atom. The highest BCUT2D eigenvalue weighted by Gasteiger charge is 2.41. The van der Waals surface area contributed by atoms with E-state index < -0.39 is 8.07 Å². The molecule has 2 nitrogen and oxygen atoms in total. The molecule has 0 amide bonds. The van der Waals surface area contributed by atoms with Crippen LogP contribution in [0.25, 0.3) is 77.2 Å². The fraction of sp³-hybridized carbons (Fsp3) is 0. The molecule has 0 bridgehead atoms. The van der Waals surface area contributed by atoms with E-state index in [1.54, 1.807) is 0 Å². The predicted molar refractivity (Wildman–Crippen MR) is 270 cm³/mol. The van der Waals surface area contributed by atoms with E-state index in [2.05, 4.69) is 264 Å². The van der Waals surface area contributed by atoms with Crippen molar-refractivity contribution in [3.8, 4) is 33.6 Å². The van der Waals surface area contributed by atoms with Crippen molar-refractivity contribution in [2.45, 2.75) is 0 Å². The lowest BCUT2D eigenvalue weighted by molar-refractivity contribution is 1.13. The second-order valence-corrected chi connectivity index (χ2v) is 20.3. The fourth-order valence-corrected chi connectivity index (χ4v) is 15.1. The largest absolute Gasteiger partial charge is 0.307 e. The molecule has 12 rings (SSSR count). The average molecular weight is 819 g/mol. The van der Waals surface area contributed by atoms with Crippen molar-refractivity contribution < 1.29 is 0 Å². The van der Waals surface area contributed by atoms with Crippen LogP contribution in [0.15, 0.2) is 255 Å². The summed E-state index contributed by atoms with van der Waals surface area (Å²) in [5.74, 6) is 0. The minimum atomic E-state index is -2.77. The first kappa shape index (κ1) is 36.8. The lowest BCUT2D eigenvalue weighted by Gasteiger charge is -2.34. The van der Waals surface area contributed by atoms with Crippen LogP contribution >= 0.6 is 0 Å². The maximum atomic E-state index is 2.53. The second kappa shape index (κ2) is 15.2. The quantitative estimate of drug-likeness (QED) is 0.107. The SMILES string of the molecule is c1ccc(-c2cccc(-n3c4ccc(-c5ccccc5)cc4c4cccc(-n5c6ccccc6c6cc([Si](c7ccccc7)(c7ccccc7)c7ccccc7)ccc65)c43)c2)cc1. The summed E-state index contributed by atoms with van der Waals surface area (Å²) >= 11 is 0. The highest BCUT2D eigenvalue weighted by molar-refractivity contribution is 7.20. The summed E-state index contributed by atoms with van der Waals surface area (Å²) in [6.45, 7) is 0. The number of nitrogens with zero attached hydrogens (tertiary/aromatic N) is 2. The fourth-order valence-electron chi connectivity index (χ4n) is 10.3. The summed E-state index contributed by atoms with van der Waals surface area (Å²) in [6, 6.07) is 94.3. The van der Waals surface area contributed by atoms with Crippen LogP contribution in [-0.2, 0) is 0 Å². The minimum Gasteiger partial charge on any atom is -0.307 e. The maximum Gasteiger partial charge on any atom is 0.179 e. The zero-order valence-electron chi connectivity index (χ0n) is 34.6. The zero-order valence-corrected chi connectivity index (χ0v) is 35.6. The Labute approximate surface area is 368 Å². The van der Waals surface area contributed by atoms with E-state index in [-0.39, 0.29) is 0 Å². The topological polar surface area (TPSA) is 9.86 Å². The van der Waals surface area contributed by atoms with Crippen molar-refractivity contribution in [3.05, 3.63) is 255 Å². The highest BCUT2D eigenvalue weighted by Crippen LogP contribution is 2.41. The highest BCUT2D eigenvalue weighted by atomic mass is 28.3. The van der Waals surface area contributed by atoms with Crippen LogP contribution in [0, 0.1) is 0 Å². The molecular formula is C60H42N2Si. The minimum absolute atomic E-state index is 1.13. The Morgan fingerprint density at radius 1 is 0.254 bits per heavy atom. The van der Waals surface area contributed by atoms with Crippen molar-refractivity contribution in [1.82, 2.24) is 9.13 Å². The Hall–Kier alpha value is -7.98. The number of hydrogen-bond donors (Lipinski definition) is 0. The number of para-hydroxylation sites is 2. The van der Waals surface area contributed by atoms with Crippen LogP contribution in [-0.4, -0.2) is 17.2 Å². The zero-order chi connectivity index (χ0) is 41.7. The average Bonchev–Trinajstić information content (AvgIpc) is 3.88. The van der Waals surface area contributed by atoms with Crippen LogP contribution in [0.1, 0.15) is 0 Å². The van der Waals surface area contributed by atoms with Gasteiger partial charge >= 0.3 is 0 Å². The molecule has 2 aromatic heterocycles. The van der Waals surface area contributed by atoms with Crippen LogP contribution in [0.5, 0.6) is 0 Å². The predicted octanol–water partition coefficient (Wildman–Crippen LogP) is 12.6. The van der Waals surface area contributed by atoms with E-state index in [9.17, 15) is 0 Å². The molecule has 0 atom stereocenters. The monoisotopic (exact) mass is 818 g/mol. The molecule has 296 valence electrons. The molecule has 0 spiro atoms. The molecule has 2 heterocycles. The third kappa shape index (κ3) is 5.93. The van der Waals surface area contributed by atoms with Gasteiger partial charge in [0.1, 0.15) is 0 Å². The third-order valence-electron chi connectivity index (χ3n) is 13.1. The van der Waals surface area contributed by atoms with Crippen molar-refractivity contribution in [2.75, 3.05) is 0 Å². The molecule has 12 aromatic rings. The first-order valence-electron chi connectivity index (χ1n) is 21.8. The van der Waals surface area contributed by atoms with Crippen LogP contribution in [0.3, 0.4) is 0 Å². The molecular weight excluding hydrogens is 777 g/mol. The molecule has 0 unspecified atom stereocenters. The molecule has 0 saturated heterocycles. The van der Waals surface area contributed by atoms with Crippen molar-refractivity contribution in [3.63, 3.8) is 0 Å². The van der Waals surface area contributed by atoms with Gasteiger partial charge in [0.15, 0.2) is 8.07 Å². The Balaban J connectivity index is 1.16. The smallest absolute Gasteiger partial charge is 0.179 e. The number of rotatable bonds is 8. The van der Waals surface area contributed by atoms with E-state index in [1.165, 1.54) is 86.6 Å². The van der Waals surface area contributed by atoms with Gasteiger partial charge < -0.3 is 9.13 Å². The van der Waals surface area contributed by atoms with Gasteiger partial charge in [-0.15, -0.1) is 0 Å². The van der Waals surface area contributed by atoms with Crippen LogP contribution in [0.4, 0.5) is 0 Å². The van der Waals surface area contributed by atoms with Gasteiger partial charge in [-0.1, -0.05) is 212 Å². The molecule has 0 fully saturated rings. The summed E-state index contributed by atoms with van der Waals surface area (Å²) < 4.78 is 5.01. The van der Waals surface area contributed by atoms with Gasteiger partial charge in [0.25, 0.3) is 0 Å². The van der Waals surface area contributed by atoms with E-state index in [1.807, 2.05) is 0 Å². The van der Waals surface area contributed by atoms with Crippen molar-refractivity contribution in [2.24, 2.45) is 0 Å². The van der Waals surface area contributed by atoms with Gasteiger partial charge in [0.2, 0.25) is 0 Å². The standard InChI is InChI=1S/C60H42N2Si/c1-6-20-43(21-7-1)45-24-18-25-47(40-45)61-57-38-36-46(44-22-8-2-9-23-44)41-54(57)53-33-19-35-59(60(53)61)62-56-34-17-16-32-52(56)55-42-51(37-39-58(55)62)63(48-26-10-3-11-27-48,49-28-12-4-13-29-49)50-30-14-5-15-31-50/h1-42H. The summed E-state index contributed by atoms with van der Waals surface area (Å²) in [6.07, 6.45) is 0. The van der Waals surface area contributed by atoms with Gasteiger partial charge in [-0.2, -0.15) is 0 Å². The van der Waals surface area contributed by atoms with Gasteiger partial charge in [-0.3, -0.25) is 0 Å². The maximum absolute atomic E-state index is 2.77. The summed E-state index contributed by atoms with van der Waals surface area (Å²) in [4.78, 5) is 0. The summed E-state index contributed by atoms with van der Waals surface area (Å²) in [5.41, 5.74) is 11.8. The Morgan fingerprint density at radius 3 is 1.35 bits per heavy atom. The molecule has 3 heteroatoms. The molecule has 0 aliphatic carbocycles. The summed E-state index contributed by atoms with van der Waals surface area (Å²) in [5, 5.41) is 10.4. The molecule has 0 N–H and O–H groups in total. The number of aromatic nitrogens is 2. The Kier molecular flexibility index (Phi) is 8.87. The van der Waals surface area contributed by atoms with E-state index in [4.69, 9.17) is 0 Å². The summed E-state index contributed by atoms with van der Waals surface area (Å²) in [7, 11) is -2.77. The first-order valence-corrected chi connectivity index (χ1v) is 23.8. The van der Waals surface area contributed by atoms with E-state index in [0.29, 0.717) is 0 Å². The molecule has 63 heavy (non-hydrogen) atoms. The van der Waals surface area contributed by atoms with Gasteiger partial charge in [0, 0.05) is 27.2 Å². The normalized spacial score (nSPS) is 11.8. The van der Waals surface area contributed by atoms with Crippen molar-refractivity contribution in [1.29, 1.82) is 0 Å². The molecule has 0 radical (unpaired) electrons. The second-order valence-electron chi connectivity index (χ2n) is 16.5. The van der Waals surface area contributed by atoms with Gasteiger partial charge in [-0.25, -0.2) is 0 Å². The number of fused-ring (bicyclic) bond motifs is 6. The molecule has 10 aromatic carbocycles. The molecule has 0 aliphatic heterocycles. The third-order valence-corrected chi connectivity index (χ3v) is 17.8. The van der Waals surface area contributed by atoms with Crippen molar-refractivity contribution >= 4 is 72.4 Å². The molecule has 0 aliphatic rings. The lowest BCUT2D eigenvalue weighted by atomic mass is 10.0. The number of benzene rings is 10. The number of hydrogen-bond acceptors (Lipinski definition) is 0. The lowest BCUT2D eigenvalue weighted by Crippen LogP contribution is -2.74. The first-order chi connectivity index (χ1) is 31.3. The van der Waals surface area contributed by atoms with E-state index >= 15 is 0 Å². The Bertz CT molecular complexity index is 3500. The van der Waals surface area contributed by atoms with Gasteiger partial charge in [0.05, 0.1) is 27.8 Å². The van der Waals surface area contributed by atoms with Crippen LogP contribution < -0.4 is 20.7 Å². The van der Waals surface area contributed by atoms with E-state index in [0.717, 1.165) is 11.4 Å². The van der Waals surface area contributed by atoms with Gasteiger partial charge in [-0.05, 0) is 85.5 Å². The van der Waals surface area contributed by atoms with Crippen LogP contribution in [0.2, 0.25) is 0 Å².